The van der Waals surface area contributed by atoms with Gasteiger partial charge in [0.2, 0.25) is 11.8 Å². The SMILES string of the molecule is Cn1cnc2c(-c3ccc4c(c3)CN(C3CCC(=O)NC3=O)C4=O)cc(CNCCCl)cc21. The first-order valence-electron chi connectivity index (χ1n) is 10.9. The van der Waals surface area contributed by atoms with Crippen LogP contribution in [0.15, 0.2) is 36.7 Å². The van der Waals surface area contributed by atoms with Crippen LogP contribution in [0.1, 0.15) is 34.3 Å². The average Bonchev–Trinajstić information content (AvgIpc) is 3.33. The number of imidazole rings is 1. The van der Waals surface area contributed by atoms with Gasteiger partial charge in [-0.05, 0) is 47.4 Å². The third kappa shape index (κ3) is 3.89. The third-order valence-electron chi connectivity index (χ3n) is 6.32. The molecule has 33 heavy (non-hydrogen) atoms. The second kappa shape index (κ2) is 8.61. The van der Waals surface area contributed by atoms with Crippen LogP contribution >= 0.6 is 11.6 Å². The molecule has 3 amide bonds. The normalized spacial score (nSPS) is 18.2. The topological polar surface area (TPSA) is 96.3 Å². The van der Waals surface area contributed by atoms with Crippen molar-refractivity contribution >= 4 is 40.4 Å². The minimum atomic E-state index is -0.620. The molecule has 1 aromatic heterocycles. The first-order valence-corrected chi connectivity index (χ1v) is 11.5. The second-order valence-electron chi connectivity index (χ2n) is 8.50. The molecule has 0 radical (unpaired) electrons. The number of aryl methyl sites for hydroxylation is 1. The Morgan fingerprint density at radius 1 is 1.18 bits per heavy atom. The zero-order chi connectivity index (χ0) is 23.1. The predicted octanol–water partition coefficient (Wildman–Crippen LogP) is 2.33. The molecule has 3 aromatic rings. The Morgan fingerprint density at radius 3 is 2.82 bits per heavy atom. The van der Waals surface area contributed by atoms with E-state index < -0.39 is 11.9 Å². The molecule has 0 bridgehead atoms. The minimum absolute atomic E-state index is 0.173. The summed E-state index contributed by atoms with van der Waals surface area (Å²) in [5.74, 6) is -0.320. The lowest BCUT2D eigenvalue weighted by Crippen LogP contribution is -2.52. The number of fused-ring (bicyclic) bond motifs is 2. The van der Waals surface area contributed by atoms with E-state index in [1.165, 1.54) is 0 Å². The number of rotatable bonds is 6. The number of alkyl halides is 1. The standard InChI is InChI=1S/C24H24ClN5O3/c1-29-13-27-22-18(8-14(9-20(22)29)11-26-7-6-25)15-2-3-17-16(10-15)12-30(24(17)33)19-4-5-21(31)28-23(19)32/h2-3,8-10,13,19,26H,4-7,11-12H2,1H3,(H,28,31,32). The van der Waals surface area contributed by atoms with E-state index in [0.717, 1.165) is 39.8 Å². The molecule has 5 rings (SSSR count). The number of piperidine rings is 1. The number of aromatic nitrogens is 2. The predicted molar refractivity (Wildman–Crippen MR) is 125 cm³/mol. The summed E-state index contributed by atoms with van der Waals surface area (Å²) in [6.07, 6.45) is 2.39. The summed E-state index contributed by atoms with van der Waals surface area (Å²) in [7, 11) is 1.97. The summed E-state index contributed by atoms with van der Waals surface area (Å²) in [5, 5.41) is 5.67. The molecular weight excluding hydrogens is 442 g/mol. The number of nitrogens with one attached hydrogen (secondary N) is 2. The molecule has 1 fully saturated rings. The number of hydrogen-bond donors (Lipinski definition) is 2. The monoisotopic (exact) mass is 465 g/mol. The lowest BCUT2D eigenvalue weighted by atomic mass is 9.97. The van der Waals surface area contributed by atoms with Crippen LogP contribution in [0.2, 0.25) is 0 Å². The fourth-order valence-corrected chi connectivity index (χ4v) is 4.79. The van der Waals surface area contributed by atoms with Crippen LogP contribution in [0.5, 0.6) is 0 Å². The fraction of sp³-hybridized carbons (Fsp3) is 0.333. The molecule has 2 aromatic carbocycles. The summed E-state index contributed by atoms with van der Waals surface area (Å²) >= 11 is 5.80. The van der Waals surface area contributed by atoms with Gasteiger partial charge in [-0.1, -0.05) is 6.07 Å². The van der Waals surface area contributed by atoms with Gasteiger partial charge in [0.1, 0.15) is 6.04 Å². The smallest absolute Gasteiger partial charge is 0.255 e. The fourth-order valence-electron chi connectivity index (χ4n) is 4.65. The Balaban J connectivity index is 1.49. The molecule has 9 heteroatoms. The highest BCUT2D eigenvalue weighted by atomic mass is 35.5. The molecular formula is C24H24ClN5O3. The van der Waals surface area contributed by atoms with E-state index in [2.05, 4.69) is 27.8 Å². The zero-order valence-corrected chi connectivity index (χ0v) is 19.0. The van der Waals surface area contributed by atoms with Crippen LogP contribution in [0.4, 0.5) is 0 Å². The van der Waals surface area contributed by atoms with Crippen molar-refractivity contribution in [3.05, 3.63) is 53.3 Å². The molecule has 0 spiro atoms. The van der Waals surface area contributed by atoms with Crippen molar-refractivity contribution in [2.75, 3.05) is 12.4 Å². The van der Waals surface area contributed by atoms with Crippen LogP contribution < -0.4 is 10.6 Å². The van der Waals surface area contributed by atoms with Gasteiger partial charge in [-0.25, -0.2) is 4.98 Å². The Bertz CT molecular complexity index is 1280. The maximum Gasteiger partial charge on any atom is 0.255 e. The van der Waals surface area contributed by atoms with Gasteiger partial charge in [0, 0.05) is 50.1 Å². The van der Waals surface area contributed by atoms with Gasteiger partial charge < -0.3 is 14.8 Å². The van der Waals surface area contributed by atoms with E-state index >= 15 is 0 Å². The average molecular weight is 466 g/mol. The summed E-state index contributed by atoms with van der Waals surface area (Å²) in [5.41, 5.74) is 6.47. The Kier molecular flexibility index (Phi) is 5.64. The number of benzene rings is 2. The van der Waals surface area contributed by atoms with Crippen molar-refractivity contribution in [1.82, 2.24) is 25.1 Å². The van der Waals surface area contributed by atoms with Gasteiger partial charge in [0.15, 0.2) is 0 Å². The molecule has 1 unspecified atom stereocenters. The van der Waals surface area contributed by atoms with Gasteiger partial charge in [-0.3, -0.25) is 19.7 Å². The lowest BCUT2D eigenvalue weighted by Gasteiger charge is -2.29. The van der Waals surface area contributed by atoms with E-state index in [0.29, 0.717) is 31.0 Å². The zero-order valence-electron chi connectivity index (χ0n) is 18.2. The minimum Gasteiger partial charge on any atom is -0.334 e. The highest BCUT2D eigenvalue weighted by Crippen LogP contribution is 2.34. The van der Waals surface area contributed by atoms with Crippen molar-refractivity contribution in [2.45, 2.75) is 32.0 Å². The molecule has 0 aliphatic carbocycles. The van der Waals surface area contributed by atoms with Gasteiger partial charge in [-0.15, -0.1) is 11.6 Å². The van der Waals surface area contributed by atoms with E-state index in [1.807, 2.05) is 29.8 Å². The largest absolute Gasteiger partial charge is 0.334 e. The van der Waals surface area contributed by atoms with Crippen LogP contribution in [0.3, 0.4) is 0 Å². The molecule has 2 N–H and O–H groups in total. The second-order valence-corrected chi connectivity index (χ2v) is 8.88. The summed E-state index contributed by atoms with van der Waals surface area (Å²) in [4.78, 5) is 43.0. The summed E-state index contributed by atoms with van der Waals surface area (Å²) in [6.45, 7) is 1.75. The Labute approximate surface area is 195 Å². The van der Waals surface area contributed by atoms with Crippen LogP contribution in [0, 0.1) is 0 Å². The first kappa shape index (κ1) is 21.6. The van der Waals surface area contributed by atoms with Gasteiger partial charge in [0.25, 0.3) is 5.91 Å². The highest BCUT2D eigenvalue weighted by molar-refractivity contribution is 6.18. The van der Waals surface area contributed by atoms with Gasteiger partial charge in [-0.2, -0.15) is 0 Å². The van der Waals surface area contributed by atoms with Crippen molar-refractivity contribution in [1.29, 1.82) is 0 Å². The molecule has 0 saturated carbocycles. The summed E-state index contributed by atoms with van der Waals surface area (Å²) < 4.78 is 1.99. The number of halogens is 1. The van der Waals surface area contributed by atoms with Gasteiger partial charge in [0.05, 0.1) is 17.4 Å². The lowest BCUT2D eigenvalue weighted by molar-refractivity contribution is -0.136. The number of carbonyl (C=O) groups excluding carboxylic acids is 3. The van der Waals surface area contributed by atoms with Crippen LogP contribution in [-0.2, 0) is 29.7 Å². The molecule has 8 nitrogen and oxygen atoms in total. The molecule has 2 aliphatic rings. The van der Waals surface area contributed by atoms with E-state index in [4.69, 9.17) is 11.6 Å². The number of imide groups is 1. The maximum atomic E-state index is 13.0. The van der Waals surface area contributed by atoms with Crippen LogP contribution in [0.25, 0.3) is 22.2 Å². The number of hydrogen-bond acceptors (Lipinski definition) is 5. The third-order valence-corrected chi connectivity index (χ3v) is 6.51. The summed E-state index contributed by atoms with van der Waals surface area (Å²) in [6, 6.07) is 9.39. The maximum absolute atomic E-state index is 13.0. The molecule has 3 heterocycles. The molecule has 1 atom stereocenters. The van der Waals surface area contributed by atoms with Crippen molar-refractivity contribution in [3.63, 3.8) is 0 Å². The number of amides is 3. The molecule has 1 saturated heterocycles. The van der Waals surface area contributed by atoms with Crippen molar-refractivity contribution in [2.24, 2.45) is 7.05 Å². The molecule has 2 aliphatic heterocycles. The highest BCUT2D eigenvalue weighted by Gasteiger charge is 2.39. The van der Waals surface area contributed by atoms with Crippen molar-refractivity contribution < 1.29 is 14.4 Å². The van der Waals surface area contributed by atoms with E-state index in [9.17, 15) is 14.4 Å². The Morgan fingerprint density at radius 2 is 2.03 bits per heavy atom. The number of nitrogens with zero attached hydrogens (tertiary/aromatic N) is 3. The van der Waals surface area contributed by atoms with Crippen molar-refractivity contribution in [3.8, 4) is 11.1 Å². The number of carbonyl (C=O) groups is 3. The first-order chi connectivity index (χ1) is 16.0. The van der Waals surface area contributed by atoms with Crippen LogP contribution in [-0.4, -0.2) is 50.6 Å². The Hall–Kier alpha value is -3.23. The quantitative estimate of drug-likeness (QED) is 0.331. The van der Waals surface area contributed by atoms with E-state index in [-0.39, 0.29) is 18.2 Å². The van der Waals surface area contributed by atoms with E-state index in [1.54, 1.807) is 11.2 Å². The molecule has 170 valence electrons. The van der Waals surface area contributed by atoms with Gasteiger partial charge >= 0.3 is 0 Å².